The van der Waals surface area contributed by atoms with Gasteiger partial charge in [-0.15, -0.1) is 0 Å². The van der Waals surface area contributed by atoms with Crippen molar-refractivity contribution in [2.75, 3.05) is 26.2 Å². The van der Waals surface area contributed by atoms with E-state index in [2.05, 4.69) is 46.3 Å². The van der Waals surface area contributed by atoms with Crippen LogP contribution in [0.3, 0.4) is 0 Å². The van der Waals surface area contributed by atoms with Crippen molar-refractivity contribution < 1.29 is 0 Å². The molecule has 0 atom stereocenters. The summed E-state index contributed by atoms with van der Waals surface area (Å²) in [6.45, 7) is 4.45. The Morgan fingerprint density at radius 1 is 0.786 bits per heavy atom. The summed E-state index contributed by atoms with van der Waals surface area (Å²) in [5.41, 5.74) is 2.78. The Morgan fingerprint density at radius 2 is 1.29 bits per heavy atom. The summed E-state index contributed by atoms with van der Waals surface area (Å²) in [7, 11) is 0. The van der Waals surface area contributed by atoms with Crippen LogP contribution >= 0.6 is 0 Å². The van der Waals surface area contributed by atoms with Gasteiger partial charge in [0.15, 0.2) is 0 Å². The van der Waals surface area contributed by atoms with Crippen molar-refractivity contribution in [3.63, 3.8) is 0 Å². The predicted molar refractivity (Wildman–Crippen MR) is 57.6 cm³/mol. The van der Waals surface area contributed by atoms with Gasteiger partial charge in [-0.25, -0.2) is 0 Å². The molecule has 3 rings (SSSR count). The van der Waals surface area contributed by atoms with E-state index in [1.54, 1.807) is 0 Å². The Balaban J connectivity index is 2.01. The first-order valence-corrected chi connectivity index (χ1v) is 5.19. The highest BCUT2D eigenvalue weighted by Gasteiger charge is 2.25. The van der Waals surface area contributed by atoms with Crippen LogP contribution in [-0.4, -0.2) is 36.0 Å². The van der Waals surface area contributed by atoms with E-state index in [1.165, 1.54) is 11.4 Å². The monoisotopic (exact) mass is 186 g/mol. The minimum Gasteiger partial charge on any atom is -0.364 e. The molecule has 72 valence electrons. The number of fused-ring (bicyclic) bond motifs is 3. The molecule has 1 saturated heterocycles. The van der Waals surface area contributed by atoms with Crippen molar-refractivity contribution >= 4 is 0 Å². The van der Waals surface area contributed by atoms with Gasteiger partial charge in [0.05, 0.1) is 11.4 Å². The molecule has 0 aromatic carbocycles. The maximum Gasteiger partial charge on any atom is 0.0607 e. The molecule has 3 heterocycles. The molecule has 2 heteroatoms. The SMILES string of the molecule is C1=CCN2CCN3CC=CC=C3C2=C1. The lowest BCUT2D eigenvalue weighted by Crippen LogP contribution is -2.44. The van der Waals surface area contributed by atoms with Crippen molar-refractivity contribution in [1.82, 2.24) is 9.80 Å². The van der Waals surface area contributed by atoms with E-state index in [-0.39, 0.29) is 0 Å². The third kappa shape index (κ3) is 1.10. The quantitative estimate of drug-likeness (QED) is 0.566. The van der Waals surface area contributed by atoms with Gasteiger partial charge in [0, 0.05) is 26.2 Å². The highest BCUT2D eigenvalue weighted by atomic mass is 15.3. The van der Waals surface area contributed by atoms with Crippen LogP contribution < -0.4 is 0 Å². The lowest BCUT2D eigenvalue weighted by Gasteiger charge is -2.42. The fourth-order valence-corrected chi connectivity index (χ4v) is 2.26. The second kappa shape index (κ2) is 3.05. The van der Waals surface area contributed by atoms with Gasteiger partial charge in [-0.1, -0.05) is 24.3 Å². The minimum atomic E-state index is 1.07. The first kappa shape index (κ1) is 7.92. The maximum atomic E-state index is 2.45. The first-order valence-electron chi connectivity index (χ1n) is 5.19. The summed E-state index contributed by atoms with van der Waals surface area (Å²) in [5.74, 6) is 0. The van der Waals surface area contributed by atoms with Crippen molar-refractivity contribution in [3.8, 4) is 0 Å². The molecule has 0 bridgehead atoms. The van der Waals surface area contributed by atoms with Crippen molar-refractivity contribution in [2.45, 2.75) is 0 Å². The lowest BCUT2D eigenvalue weighted by molar-refractivity contribution is 0.241. The third-order valence-corrected chi connectivity index (χ3v) is 3.02. The van der Waals surface area contributed by atoms with E-state index in [1.807, 2.05) is 0 Å². The summed E-state index contributed by atoms with van der Waals surface area (Å²) in [4.78, 5) is 4.89. The summed E-state index contributed by atoms with van der Waals surface area (Å²) in [6.07, 6.45) is 13.2. The fourth-order valence-electron chi connectivity index (χ4n) is 2.26. The summed E-state index contributed by atoms with van der Waals surface area (Å²) in [5, 5.41) is 0. The molecule has 0 N–H and O–H groups in total. The van der Waals surface area contributed by atoms with E-state index in [0.717, 1.165) is 26.2 Å². The average molecular weight is 186 g/mol. The summed E-state index contributed by atoms with van der Waals surface area (Å²) >= 11 is 0. The Morgan fingerprint density at radius 3 is 1.79 bits per heavy atom. The highest BCUT2D eigenvalue weighted by molar-refractivity contribution is 5.40. The van der Waals surface area contributed by atoms with E-state index in [4.69, 9.17) is 0 Å². The average Bonchev–Trinajstić information content (AvgIpc) is 2.29. The van der Waals surface area contributed by atoms with Gasteiger partial charge in [0.1, 0.15) is 0 Å². The van der Waals surface area contributed by atoms with Crippen LogP contribution in [0.4, 0.5) is 0 Å². The standard InChI is InChI=1S/C12H14N2/c1-3-7-13-9-10-14-8-4-2-6-12(14)11(13)5-1/h1-6H,7-10H2. The Kier molecular flexibility index (Phi) is 1.72. The molecule has 0 aliphatic carbocycles. The van der Waals surface area contributed by atoms with Crippen molar-refractivity contribution in [1.29, 1.82) is 0 Å². The minimum absolute atomic E-state index is 1.07. The topological polar surface area (TPSA) is 6.48 Å². The van der Waals surface area contributed by atoms with Crippen LogP contribution in [0.1, 0.15) is 0 Å². The van der Waals surface area contributed by atoms with Gasteiger partial charge in [-0.05, 0) is 12.2 Å². The van der Waals surface area contributed by atoms with Gasteiger partial charge in [-0.2, -0.15) is 0 Å². The molecule has 0 unspecified atom stereocenters. The molecule has 0 aromatic rings. The molecule has 14 heavy (non-hydrogen) atoms. The van der Waals surface area contributed by atoms with Crippen LogP contribution in [0.2, 0.25) is 0 Å². The smallest absolute Gasteiger partial charge is 0.0607 e. The highest BCUT2D eigenvalue weighted by Crippen LogP contribution is 2.27. The number of rotatable bonds is 0. The fraction of sp³-hybridized carbons (Fsp3) is 0.333. The van der Waals surface area contributed by atoms with E-state index in [0.29, 0.717) is 0 Å². The molecule has 0 aromatic heterocycles. The van der Waals surface area contributed by atoms with Gasteiger partial charge in [-0.3, -0.25) is 0 Å². The summed E-state index contributed by atoms with van der Waals surface area (Å²) in [6, 6.07) is 0. The second-order valence-electron chi connectivity index (χ2n) is 3.85. The van der Waals surface area contributed by atoms with Gasteiger partial charge >= 0.3 is 0 Å². The number of nitrogens with zero attached hydrogens (tertiary/aromatic N) is 2. The van der Waals surface area contributed by atoms with Gasteiger partial charge in [0.2, 0.25) is 0 Å². The maximum absolute atomic E-state index is 2.45. The van der Waals surface area contributed by atoms with Gasteiger partial charge in [0.25, 0.3) is 0 Å². The predicted octanol–water partition coefficient (Wildman–Crippen LogP) is 1.51. The largest absolute Gasteiger partial charge is 0.364 e. The van der Waals surface area contributed by atoms with Crippen molar-refractivity contribution in [2.24, 2.45) is 0 Å². The molecule has 2 nitrogen and oxygen atoms in total. The molecule has 1 fully saturated rings. The molecule has 0 radical (unpaired) electrons. The van der Waals surface area contributed by atoms with Crippen LogP contribution in [0.25, 0.3) is 0 Å². The zero-order chi connectivity index (χ0) is 9.38. The molecular weight excluding hydrogens is 172 g/mol. The normalized spacial score (nSPS) is 24.0. The molecule has 0 amide bonds. The number of hydrogen-bond donors (Lipinski definition) is 0. The van der Waals surface area contributed by atoms with Crippen molar-refractivity contribution in [3.05, 3.63) is 47.9 Å². The Labute approximate surface area is 84.5 Å². The van der Waals surface area contributed by atoms with Crippen LogP contribution in [0.15, 0.2) is 47.9 Å². The Hall–Kier alpha value is -1.44. The van der Waals surface area contributed by atoms with E-state index >= 15 is 0 Å². The first-order chi connectivity index (χ1) is 6.95. The zero-order valence-corrected chi connectivity index (χ0v) is 8.19. The molecule has 0 saturated carbocycles. The van der Waals surface area contributed by atoms with Crippen LogP contribution in [-0.2, 0) is 0 Å². The van der Waals surface area contributed by atoms with Crippen LogP contribution in [0, 0.1) is 0 Å². The third-order valence-electron chi connectivity index (χ3n) is 3.02. The molecule has 3 aliphatic heterocycles. The van der Waals surface area contributed by atoms with Gasteiger partial charge < -0.3 is 9.80 Å². The number of piperazine rings is 1. The van der Waals surface area contributed by atoms with E-state index < -0.39 is 0 Å². The number of allylic oxidation sites excluding steroid dienone is 4. The molecule has 3 aliphatic rings. The van der Waals surface area contributed by atoms with E-state index in [9.17, 15) is 0 Å². The summed E-state index contributed by atoms with van der Waals surface area (Å²) < 4.78 is 0. The second-order valence-corrected chi connectivity index (χ2v) is 3.85. The number of hydrogen-bond acceptors (Lipinski definition) is 2. The lowest BCUT2D eigenvalue weighted by atomic mass is 10.1. The molecule has 0 spiro atoms. The van der Waals surface area contributed by atoms with Crippen LogP contribution in [0.5, 0.6) is 0 Å². The Bertz CT molecular complexity index is 325. The molecular formula is C12H14N2. The zero-order valence-electron chi connectivity index (χ0n) is 8.19.